The quantitative estimate of drug-likeness (QED) is 0.860. The number of aliphatic hydroxyl groups excluding tert-OH is 1. The van der Waals surface area contributed by atoms with Gasteiger partial charge in [-0.1, -0.05) is 0 Å². The molecular weight excluding hydrogens is 219 g/mol. The second-order valence-electron chi connectivity index (χ2n) is 4.61. The van der Waals surface area contributed by atoms with Crippen molar-refractivity contribution in [3.8, 4) is 0 Å². The topological polar surface area (TPSA) is 26.7 Å². The van der Waals surface area contributed by atoms with E-state index in [0.29, 0.717) is 0 Å². The summed E-state index contributed by atoms with van der Waals surface area (Å²) in [5.74, 6) is -0.193. The van der Waals surface area contributed by atoms with Crippen LogP contribution in [-0.2, 0) is 0 Å². The van der Waals surface area contributed by atoms with E-state index in [9.17, 15) is 9.50 Å². The molecule has 3 nitrogen and oxygen atoms in total. The van der Waals surface area contributed by atoms with Crippen LogP contribution in [0.3, 0.4) is 0 Å². The Morgan fingerprint density at radius 1 is 1.18 bits per heavy atom. The number of nitrogens with zero attached hydrogens (tertiary/aromatic N) is 2. The molecule has 0 unspecified atom stereocenters. The van der Waals surface area contributed by atoms with Gasteiger partial charge in [0.15, 0.2) is 0 Å². The molecule has 4 heteroatoms. The minimum absolute atomic E-state index is 0.193. The second kappa shape index (κ2) is 5.47. The van der Waals surface area contributed by atoms with Crippen molar-refractivity contribution in [3.05, 3.63) is 30.1 Å². The molecule has 1 aromatic rings. The van der Waals surface area contributed by atoms with Gasteiger partial charge < -0.3 is 10.0 Å². The highest BCUT2D eigenvalue weighted by molar-refractivity contribution is 5.46. The Balaban J connectivity index is 1.88. The lowest BCUT2D eigenvalue weighted by atomic mass is 10.2. The molecule has 2 rings (SSSR count). The number of halogens is 1. The van der Waals surface area contributed by atoms with Gasteiger partial charge in [-0.05, 0) is 31.2 Å². The fraction of sp³-hybridized carbons (Fsp3) is 0.538. The summed E-state index contributed by atoms with van der Waals surface area (Å²) in [6.45, 7) is 6.30. The minimum atomic E-state index is -0.271. The maximum Gasteiger partial charge on any atom is 0.123 e. The van der Waals surface area contributed by atoms with E-state index in [1.807, 2.05) is 19.1 Å². The van der Waals surface area contributed by atoms with Gasteiger partial charge in [0, 0.05) is 38.4 Å². The molecule has 0 saturated carbocycles. The van der Waals surface area contributed by atoms with E-state index >= 15 is 0 Å². The van der Waals surface area contributed by atoms with Crippen LogP contribution in [0.4, 0.5) is 10.1 Å². The molecule has 94 valence electrons. The molecule has 1 aromatic carbocycles. The number of hydrogen-bond acceptors (Lipinski definition) is 3. The van der Waals surface area contributed by atoms with Crippen LogP contribution in [0.2, 0.25) is 0 Å². The molecule has 17 heavy (non-hydrogen) atoms. The van der Waals surface area contributed by atoms with Crippen LogP contribution < -0.4 is 4.90 Å². The average Bonchev–Trinajstić information content (AvgIpc) is 2.30. The first-order chi connectivity index (χ1) is 8.15. The van der Waals surface area contributed by atoms with Crippen LogP contribution in [0.5, 0.6) is 0 Å². The van der Waals surface area contributed by atoms with Gasteiger partial charge in [-0.25, -0.2) is 4.39 Å². The normalized spacial score (nSPS) is 19.4. The van der Waals surface area contributed by atoms with E-state index < -0.39 is 0 Å². The molecule has 0 spiro atoms. The summed E-state index contributed by atoms with van der Waals surface area (Å²) < 4.78 is 12.8. The number of piperazine rings is 1. The largest absolute Gasteiger partial charge is 0.392 e. The third kappa shape index (κ3) is 3.41. The van der Waals surface area contributed by atoms with Crippen molar-refractivity contribution < 1.29 is 9.50 Å². The Morgan fingerprint density at radius 2 is 1.76 bits per heavy atom. The molecular formula is C13H19FN2O. The van der Waals surface area contributed by atoms with Crippen LogP contribution in [0, 0.1) is 5.82 Å². The van der Waals surface area contributed by atoms with Crippen LogP contribution >= 0.6 is 0 Å². The number of hydrogen-bond donors (Lipinski definition) is 1. The van der Waals surface area contributed by atoms with Crippen molar-refractivity contribution in [1.29, 1.82) is 0 Å². The summed E-state index contributed by atoms with van der Waals surface area (Å²) in [5, 5.41) is 9.32. The number of anilines is 1. The highest BCUT2D eigenvalue weighted by Crippen LogP contribution is 2.16. The average molecular weight is 238 g/mol. The molecule has 1 atom stereocenters. The lowest BCUT2D eigenvalue weighted by Crippen LogP contribution is -2.48. The highest BCUT2D eigenvalue weighted by atomic mass is 19.1. The fourth-order valence-electron chi connectivity index (χ4n) is 2.21. The molecule has 1 aliphatic heterocycles. The fourth-order valence-corrected chi connectivity index (χ4v) is 2.21. The van der Waals surface area contributed by atoms with Crippen molar-refractivity contribution in [2.24, 2.45) is 0 Å². The van der Waals surface area contributed by atoms with Crippen LogP contribution in [0.15, 0.2) is 24.3 Å². The molecule has 1 aliphatic rings. The van der Waals surface area contributed by atoms with Gasteiger partial charge in [-0.15, -0.1) is 0 Å². The number of benzene rings is 1. The molecule has 1 saturated heterocycles. The van der Waals surface area contributed by atoms with Gasteiger partial charge in [-0.3, -0.25) is 4.90 Å². The van der Waals surface area contributed by atoms with E-state index in [0.717, 1.165) is 38.4 Å². The lowest BCUT2D eigenvalue weighted by Gasteiger charge is -2.36. The molecule has 0 aromatic heterocycles. The van der Waals surface area contributed by atoms with Gasteiger partial charge in [0.1, 0.15) is 5.82 Å². The molecule has 1 N–H and O–H groups in total. The Labute approximate surface area is 101 Å². The molecule has 0 bridgehead atoms. The third-order valence-electron chi connectivity index (χ3n) is 3.09. The van der Waals surface area contributed by atoms with E-state index in [-0.39, 0.29) is 11.9 Å². The summed E-state index contributed by atoms with van der Waals surface area (Å²) >= 11 is 0. The van der Waals surface area contributed by atoms with E-state index in [1.54, 1.807) is 0 Å². The van der Waals surface area contributed by atoms with E-state index in [1.165, 1.54) is 12.1 Å². The second-order valence-corrected chi connectivity index (χ2v) is 4.61. The summed E-state index contributed by atoms with van der Waals surface area (Å²) in [6.07, 6.45) is -0.271. The summed E-state index contributed by atoms with van der Waals surface area (Å²) in [4.78, 5) is 4.50. The zero-order chi connectivity index (χ0) is 12.3. The van der Waals surface area contributed by atoms with Gasteiger partial charge in [0.2, 0.25) is 0 Å². The maximum absolute atomic E-state index is 12.8. The van der Waals surface area contributed by atoms with Crippen molar-refractivity contribution in [3.63, 3.8) is 0 Å². The Bertz CT molecular complexity index is 345. The lowest BCUT2D eigenvalue weighted by molar-refractivity contribution is 0.122. The molecule has 0 amide bonds. The molecule has 0 radical (unpaired) electrons. The van der Waals surface area contributed by atoms with Crippen LogP contribution in [0.1, 0.15) is 6.92 Å². The van der Waals surface area contributed by atoms with Crippen molar-refractivity contribution in [2.75, 3.05) is 37.6 Å². The van der Waals surface area contributed by atoms with Crippen molar-refractivity contribution in [2.45, 2.75) is 13.0 Å². The minimum Gasteiger partial charge on any atom is -0.392 e. The monoisotopic (exact) mass is 238 g/mol. The summed E-state index contributed by atoms with van der Waals surface area (Å²) in [7, 11) is 0. The smallest absolute Gasteiger partial charge is 0.123 e. The van der Waals surface area contributed by atoms with Crippen molar-refractivity contribution in [1.82, 2.24) is 4.90 Å². The van der Waals surface area contributed by atoms with Gasteiger partial charge in [0.25, 0.3) is 0 Å². The van der Waals surface area contributed by atoms with Gasteiger partial charge in [0.05, 0.1) is 6.10 Å². The first-order valence-corrected chi connectivity index (χ1v) is 6.06. The van der Waals surface area contributed by atoms with Gasteiger partial charge >= 0.3 is 0 Å². The Kier molecular flexibility index (Phi) is 3.97. The first kappa shape index (κ1) is 12.3. The zero-order valence-corrected chi connectivity index (χ0v) is 10.1. The predicted molar refractivity (Wildman–Crippen MR) is 66.7 cm³/mol. The number of β-amino-alcohol motifs (C(OH)–C–C–N with tert-alkyl or cyclic N) is 1. The van der Waals surface area contributed by atoms with Crippen LogP contribution in [-0.4, -0.2) is 48.8 Å². The third-order valence-corrected chi connectivity index (χ3v) is 3.09. The van der Waals surface area contributed by atoms with E-state index in [2.05, 4.69) is 9.80 Å². The summed E-state index contributed by atoms with van der Waals surface area (Å²) in [5.41, 5.74) is 1.07. The Morgan fingerprint density at radius 3 is 2.29 bits per heavy atom. The SMILES string of the molecule is C[C@H](O)CN1CCN(c2ccc(F)cc2)CC1. The number of aliphatic hydroxyl groups is 1. The van der Waals surface area contributed by atoms with E-state index in [4.69, 9.17) is 0 Å². The number of rotatable bonds is 3. The standard InChI is InChI=1S/C13H19FN2O/c1-11(17)10-15-6-8-16(9-7-15)13-4-2-12(14)3-5-13/h2-5,11,17H,6-10H2,1H3/t11-/m0/s1. The molecule has 1 heterocycles. The zero-order valence-electron chi connectivity index (χ0n) is 10.1. The summed E-state index contributed by atoms with van der Waals surface area (Å²) in [6, 6.07) is 6.63. The van der Waals surface area contributed by atoms with Gasteiger partial charge in [-0.2, -0.15) is 0 Å². The van der Waals surface area contributed by atoms with Crippen LogP contribution in [0.25, 0.3) is 0 Å². The predicted octanol–water partition coefficient (Wildman–Crippen LogP) is 1.33. The molecule has 1 fully saturated rings. The Hall–Kier alpha value is -1.13. The molecule has 0 aliphatic carbocycles. The van der Waals surface area contributed by atoms with Crippen molar-refractivity contribution >= 4 is 5.69 Å². The maximum atomic E-state index is 12.8. The highest BCUT2D eigenvalue weighted by Gasteiger charge is 2.17. The first-order valence-electron chi connectivity index (χ1n) is 6.06.